The normalized spacial score (nSPS) is 18.1. The average Bonchev–Trinajstić information content (AvgIpc) is 1.61. The topological polar surface area (TPSA) is 359 Å². The van der Waals surface area contributed by atoms with Crippen molar-refractivity contribution in [3.8, 4) is 46.2 Å². The molecule has 29 nitrogen and oxygen atoms in total. The van der Waals surface area contributed by atoms with Crippen molar-refractivity contribution in [2.75, 3.05) is 67.8 Å². The molecule has 5 fully saturated rings. The third kappa shape index (κ3) is 18.4. The van der Waals surface area contributed by atoms with Gasteiger partial charge < -0.3 is 84.5 Å². The number of nitrogens with one attached hydrogen (secondary N) is 8. The number of carbonyl (C=O) groups excluding carboxylic acids is 8. The van der Waals surface area contributed by atoms with Gasteiger partial charge in [0, 0.05) is 72.4 Å². The molecule has 5 aliphatic rings. The van der Waals surface area contributed by atoms with Gasteiger partial charge in [0.25, 0.3) is 5.91 Å². The van der Waals surface area contributed by atoms with Crippen LogP contribution in [0.1, 0.15) is 173 Å². The molecule has 8 N–H and O–H groups in total. The van der Waals surface area contributed by atoms with E-state index in [0.717, 1.165) is 82.1 Å². The zero-order chi connectivity index (χ0) is 87.0. The summed E-state index contributed by atoms with van der Waals surface area (Å²) in [6.45, 7) is 10.7. The van der Waals surface area contributed by atoms with Crippen LogP contribution in [0.25, 0.3) is 66.1 Å². The van der Waals surface area contributed by atoms with Crippen LogP contribution in [-0.2, 0) is 42.9 Å². The van der Waals surface area contributed by atoms with Crippen LogP contribution in [0.2, 0.25) is 0 Å². The van der Waals surface area contributed by atoms with Gasteiger partial charge in [0.15, 0.2) is 0 Å². The van der Waals surface area contributed by atoms with Crippen LogP contribution in [0.5, 0.6) is 0 Å². The summed E-state index contributed by atoms with van der Waals surface area (Å²) in [6, 6.07) is 33.7. The van der Waals surface area contributed by atoms with Gasteiger partial charge in [0.1, 0.15) is 59.1 Å². The minimum absolute atomic E-state index is 0.0745. The Kier molecular flexibility index (Phi) is 26.0. The largest absolute Gasteiger partial charge is 0.453 e. The van der Waals surface area contributed by atoms with E-state index in [0.29, 0.717) is 128 Å². The molecule has 8 amide bonds. The summed E-state index contributed by atoms with van der Waals surface area (Å²) in [5.41, 5.74) is 8.10. The fourth-order valence-electron chi connectivity index (χ4n) is 17.4. The Bertz CT molecular complexity index is 5990. The summed E-state index contributed by atoms with van der Waals surface area (Å²) in [4.78, 5) is 143. The number of fused-ring (bicyclic) bond motifs is 6. The highest BCUT2D eigenvalue weighted by Gasteiger charge is 2.43. The van der Waals surface area contributed by atoms with E-state index in [-0.39, 0.29) is 76.7 Å². The van der Waals surface area contributed by atoms with Gasteiger partial charge >= 0.3 is 24.4 Å². The van der Waals surface area contributed by atoms with Crippen molar-refractivity contribution in [2.24, 2.45) is 17.8 Å². The van der Waals surface area contributed by atoms with Crippen LogP contribution in [0, 0.1) is 53.1 Å². The number of ether oxygens (including phenoxy) is 5. The van der Waals surface area contributed by atoms with Crippen molar-refractivity contribution in [3.05, 3.63) is 203 Å². The smallest absolute Gasteiger partial charge is 0.407 e. The van der Waals surface area contributed by atoms with Crippen LogP contribution in [0.3, 0.4) is 0 Å². The number of halogens is 2. The standard InChI is InChI=1S/C47H47FN8O6.C46H51FN8O7/c1-27(2)39(53-46(59)61-3)44(57)56-23-9-13-38(56)43-50-35-21-19-31-24-28(15-20-33(31)41(35)52-43)14-16-29-17-18-32(25-34(29)48)36-26-49-42(51-36)37-12-8-22-55(37)45(58)40(54-47(60)62-4)30-10-6-5-7-11-30;1-26(2)38(52-45(58)60-3)43(56)55-20-6-8-37(55)42-49-34-16-14-30-23-27(10-15-32(30)40(34)51-42)9-11-28-12-13-31(24-33(28)47)35-25-48-41(50-35)36-7-5-19-54(36)44(57)39(53-46(59)61-4)29-17-21-62-22-18-29/h5-7,10-11,15,17-21,24-27,37-40H,8-9,12-13,22-23H2,1-4H3,(H,49,51)(H,50,52)(H,53,59)(H,54,60);10,12-16,23-26,29,36-39H,5-8,17-22H2,1-4H3,(H,48,50)(H,49,51)(H,52,58)(H,53,59)/t37-,38-,39-,40+;36-,37-,38-,39-/m00/s1. The van der Waals surface area contributed by atoms with Crippen molar-refractivity contribution in [1.82, 2.24) is 80.7 Å². The molecule has 31 heteroatoms. The number of rotatable bonds is 18. The van der Waals surface area contributed by atoms with E-state index < -0.39 is 60.2 Å². The third-order valence-electron chi connectivity index (χ3n) is 23.9. The molecule has 124 heavy (non-hydrogen) atoms. The highest BCUT2D eigenvalue weighted by molar-refractivity contribution is 6.06. The molecule has 0 unspecified atom stereocenters. The SMILES string of the molecule is COC(=O)N[C@H](C(=O)N1CCC[C@H]1c1nc2c(ccc3cc(C#Cc4ccc(-c5cnc([C@@H]6CCCN6C(=O)[C@@H](NC(=O)OC)C6CCOCC6)[nH]5)cc4F)ccc32)[nH]1)C(C)C.COC(=O)N[C@H](C(=O)N1CCC[C@H]1c1nc2c(ccc3cc(C#Cc4ccc(-c5cnc([C@@H]6CCCN6C(=O)[C@H](NC(=O)OC)c6ccccc6)[nH]5)cc4F)ccc32)[nH]1)C(C)C. The van der Waals surface area contributed by atoms with E-state index in [4.69, 9.17) is 33.7 Å². The zero-order valence-corrected chi connectivity index (χ0v) is 70.1. The number of carbonyl (C=O) groups is 8. The fourth-order valence-corrected chi connectivity index (χ4v) is 17.4. The molecule has 9 heterocycles. The number of benzene rings is 7. The number of alkyl carbamates (subject to hydrolysis) is 4. The third-order valence-corrected chi connectivity index (χ3v) is 23.9. The number of aromatic amines is 4. The van der Waals surface area contributed by atoms with Gasteiger partial charge in [-0.15, -0.1) is 0 Å². The molecular formula is C93H98F2N16O13. The van der Waals surface area contributed by atoms with E-state index in [2.05, 4.69) is 74.9 Å². The Morgan fingerprint density at radius 2 is 0.855 bits per heavy atom. The Hall–Kier alpha value is -13.7. The highest BCUT2D eigenvalue weighted by atomic mass is 19.1. The first kappa shape index (κ1) is 85.3. The molecule has 0 bridgehead atoms. The van der Waals surface area contributed by atoms with Crippen LogP contribution in [-0.4, -0.2) is 193 Å². The van der Waals surface area contributed by atoms with Gasteiger partial charge in [-0.25, -0.2) is 47.9 Å². The van der Waals surface area contributed by atoms with Crippen LogP contribution < -0.4 is 21.3 Å². The Morgan fingerprint density at radius 3 is 1.28 bits per heavy atom. The summed E-state index contributed by atoms with van der Waals surface area (Å²) in [6.07, 6.45) is 7.92. The molecule has 0 spiro atoms. The van der Waals surface area contributed by atoms with Crippen LogP contribution >= 0.6 is 0 Å². The molecule has 8 atom stereocenters. The maximum absolute atomic E-state index is 15.6. The van der Waals surface area contributed by atoms with Crippen molar-refractivity contribution >= 4 is 91.6 Å². The lowest BCUT2D eigenvalue weighted by Gasteiger charge is -2.34. The van der Waals surface area contributed by atoms with Gasteiger partial charge in [0.2, 0.25) is 17.7 Å². The molecule has 7 aromatic carbocycles. The molecule has 0 radical (unpaired) electrons. The molecule has 0 saturated carbocycles. The molecule has 5 saturated heterocycles. The second-order valence-corrected chi connectivity index (χ2v) is 32.3. The minimum atomic E-state index is -0.937. The summed E-state index contributed by atoms with van der Waals surface area (Å²) in [5, 5.41) is 14.5. The first-order valence-corrected chi connectivity index (χ1v) is 41.9. The fraction of sp³-hybridized carbons (Fsp3) is 0.376. The lowest BCUT2D eigenvalue weighted by atomic mass is 9.90. The van der Waals surface area contributed by atoms with E-state index in [1.54, 1.807) is 80.5 Å². The summed E-state index contributed by atoms with van der Waals surface area (Å²) in [5.74, 6) is 12.6. The minimum Gasteiger partial charge on any atom is -0.453 e. The van der Waals surface area contributed by atoms with Gasteiger partial charge in [0.05, 0.1) is 110 Å². The Balaban J connectivity index is 0.000000192. The van der Waals surface area contributed by atoms with Gasteiger partial charge in [-0.1, -0.05) is 118 Å². The average molecular weight is 1690 g/mol. The molecular weight excluding hydrogens is 1590 g/mol. The summed E-state index contributed by atoms with van der Waals surface area (Å²) >= 11 is 0. The number of imidazole rings is 4. The van der Waals surface area contributed by atoms with Crippen LogP contribution in [0.15, 0.2) is 140 Å². The van der Waals surface area contributed by atoms with Crippen molar-refractivity contribution in [1.29, 1.82) is 0 Å². The molecule has 16 rings (SSSR count). The van der Waals surface area contributed by atoms with E-state index in [9.17, 15) is 38.4 Å². The number of likely N-dealkylation sites (tertiary alicyclic amines) is 4. The number of H-pyrrole nitrogens is 4. The molecule has 642 valence electrons. The first-order valence-electron chi connectivity index (χ1n) is 41.9. The summed E-state index contributed by atoms with van der Waals surface area (Å²) in [7, 11) is 5.08. The molecule has 0 aliphatic carbocycles. The monoisotopic (exact) mass is 1680 g/mol. The first-order chi connectivity index (χ1) is 60.0. The highest BCUT2D eigenvalue weighted by Crippen LogP contribution is 2.40. The number of aromatic nitrogens is 8. The van der Waals surface area contributed by atoms with E-state index in [1.165, 1.54) is 40.6 Å². The van der Waals surface area contributed by atoms with Crippen molar-refractivity contribution in [2.45, 2.75) is 140 Å². The quantitative estimate of drug-likeness (QED) is 0.0292. The predicted molar refractivity (Wildman–Crippen MR) is 458 cm³/mol. The van der Waals surface area contributed by atoms with Crippen molar-refractivity contribution < 1.29 is 70.8 Å². The Morgan fingerprint density at radius 1 is 0.444 bits per heavy atom. The maximum Gasteiger partial charge on any atom is 0.407 e. The summed E-state index contributed by atoms with van der Waals surface area (Å²) < 4.78 is 55.9. The second-order valence-electron chi connectivity index (χ2n) is 32.3. The van der Waals surface area contributed by atoms with Gasteiger partial charge in [-0.3, -0.25) is 19.2 Å². The molecule has 5 aliphatic heterocycles. The van der Waals surface area contributed by atoms with Crippen molar-refractivity contribution in [3.63, 3.8) is 0 Å². The lowest BCUT2D eigenvalue weighted by Crippen LogP contribution is -2.53. The maximum atomic E-state index is 15.6. The van der Waals surface area contributed by atoms with Gasteiger partial charge in [-0.05, 0) is 159 Å². The second kappa shape index (κ2) is 37.8. The lowest BCUT2D eigenvalue weighted by molar-refractivity contribution is -0.137. The van der Waals surface area contributed by atoms with E-state index >= 15 is 8.78 Å². The van der Waals surface area contributed by atoms with Crippen LogP contribution in [0.4, 0.5) is 28.0 Å². The zero-order valence-electron chi connectivity index (χ0n) is 70.1. The Labute approximate surface area is 714 Å². The molecule has 11 aromatic rings. The number of hydrogen-bond acceptors (Lipinski definition) is 17. The van der Waals surface area contributed by atoms with E-state index in [1.807, 2.05) is 94.4 Å². The molecule has 4 aromatic heterocycles. The number of amides is 8. The number of methoxy groups -OCH3 is 4. The number of hydrogen-bond donors (Lipinski definition) is 8. The van der Waals surface area contributed by atoms with Gasteiger partial charge in [-0.2, -0.15) is 0 Å². The number of nitrogens with zero attached hydrogens (tertiary/aromatic N) is 8. The predicted octanol–water partition coefficient (Wildman–Crippen LogP) is 14.0.